The number of benzene rings is 8. The van der Waals surface area contributed by atoms with E-state index in [0.29, 0.717) is 17.5 Å². The van der Waals surface area contributed by atoms with Crippen molar-refractivity contribution in [3.05, 3.63) is 198 Å². The predicted molar refractivity (Wildman–Crippen MR) is 249 cm³/mol. The lowest BCUT2D eigenvalue weighted by Crippen LogP contribution is -2.15. The van der Waals surface area contributed by atoms with Gasteiger partial charge in [0.2, 0.25) is 0 Å². The Morgan fingerprint density at radius 2 is 0.820 bits per heavy atom. The first-order chi connectivity index (χ1) is 29.7. The molecule has 10 aromatic rings. The van der Waals surface area contributed by atoms with Crippen LogP contribution in [-0.2, 0) is 10.8 Å². The van der Waals surface area contributed by atoms with Crippen LogP contribution in [0, 0.1) is 0 Å². The number of fused-ring (bicyclic) bond motifs is 9. The minimum Gasteiger partial charge on any atom is -0.456 e. The van der Waals surface area contributed by atoms with Crippen molar-refractivity contribution in [2.75, 3.05) is 0 Å². The zero-order chi connectivity index (χ0) is 41.0. The first-order valence-electron chi connectivity index (χ1n) is 21.1. The summed E-state index contributed by atoms with van der Waals surface area (Å²) in [6.07, 6.45) is 0. The Morgan fingerprint density at radius 1 is 0.328 bits per heavy atom. The molecule has 0 amide bonds. The van der Waals surface area contributed by atoms with Crippen molar-refractivity contribution in [1.29, 1.82) is 0 Å². The average molecular weight is 784 g/mol. The van der Waals surface area contributed by atoms with Gasteiger partial charge in [-0.1, -0.05) is 167 Å². The molecule has 0 N–H and O–H groups in total. The molecule has 0 atom stereocenters. The third kappa shape index (κ3) is 5.41. The summed E-state index contributed by atoms with van der Waals surface area (Å²) in [5.74, 6) is 1.87. The molecule has 2 aliphatic carbocycles. The Bertz CT molecular complexity index is 3360. The molecule has 0 spiro atoms. The van der Waals surface area contributed by atoms with Crippen LogP contribution >= 0.6 is 0 Å². The molecule has 0 radical (unpaired) electrons. The molecule has 2 aliphatic rings. The number of hydrogen-bond acceptors (Lipinski definition) is 4. The molecule has 2 heterocycles. The van der Waals surface area contributed by atoms with Crippen molar-refractivity contribution in [3.8, 4) is 78.7 Å². The number of hydrogen-bond donors (Lipinski definition) is 0. The summed E-state index contributed by atoms with van der Waals surface area (Å²) in [6, 6.07) is 62.9. The average Bonchev–Trinajstić information content (AvgIpc) is 3.88. The largest absolute Gasteiger partial charge is 0.456 e. The van der Waals surface area contributed by atoms with Crippen LogP contribution in [0.3, 0.4) is 0 Å². The Hall–Kier alpha value is -7.43. The quantitative estimate of drug-likeness (QED) is 0.174. The number of rotatable bonds is 5. The molecule has 0 fully saturated rings. The molecular formula is C57H41N3O. The van der Waals surface area contributed by atoms with E-state index in [1.165, 1.54) is 61.2 Å². The van der Waals surface area contributed by atoms with Gasteiger partial charge in [-0.2, -0.15) is 0 Å². The predicted octanol–water partition coefficient (Wildman–Crippen LogP) is 14.7. The molecule has 4 nitrogen and oxygen atoms in total. The summed E-state index contributed by atoms with van der Waals surface area (Å²) in [7, 11) is 0. The van der Waals surface area contributed by atoms with Crippen molar-refractivity contribution < 1.29 is 4.42 Å². The minimum absolute atomic E-state index is 0.0401. The van der Waals surface area contributed by atoms with E-state index in [4.69, 9.17) is 19.4 Å². The molecule has 8 aromatic carbocycles. The van der Waals surface area contributed by atoms with Crippen LogP contribution in [0.25, 0.3) is 101 Å². The Kier molecular flexibility index (Phi) is 7.59. The molecule has 4 heteroatoms. The maximum absolute atomic E-state index is 6.51. The topological polar surface area (TPSA) is 51.8 Å². The first kappa shape index (κ1) is 35.5. The van der Waals surface area contributed by atoms with E-state index < -0.39 is 0 Å². The van der Waals surface area contributed by atoms with Gasteiger partial charge in [0.25, 0.3) is 0 Å². The molecule has 0 bridgehead atoms. The van der Waals surface area contributed by atoms with Gasteiger partial charge in [0.15, 0.2) is 17.5 Å². The van der Waals surface area contributed by atoms with E-state index in [9.17, 15) is 0 Å². The maximum atomic E-state index is 6.51. The van der Waals surface area contributed by atoms with Crippen molar-refractivity contribution in [1.82, 2.24) is 15.0 Å². The van der Waals surface area contributed by atoms with E-state index in [1.54, 1.807) is 0 Å². The van der Waals surface area contributed by atoms with Crippen molar-refractivity contribution in [2.24, 2.45) is 0 Å². The van der Waals surface area contributed by atoms with Crippen LogP contribution < -0.4 is 0 Å². The third-order valence-corrected chi connectivity index (χ3v) is 13.4. The second kappa shape index (κ2) is 13.0. The number of furan rings is 1. The highest BCUT2D eigenvalue weighted by molar-refractivity contribution is 6.13. The lowest BCUT2D eigenvalue weighted by atomic mass is 9.80. The fraction of sp³-hybridized carbons (Fsp3) is 0.105. The summed E-state index contributed by atoms with van der Waals surface area (Å²) in [5, 5.41) is 2.02. The van der Waals surface area contributed by atoms with Crippen LogP contribution in [-0.4, -0.2) is 15.0 Å². The smallest absolute Gasteiger partial charge is 0.164 e. The van der Waals surface area contributed by atoms with Gasteiger partial charge in [0, 0.05) is 38.3 Å². The zero-order valence-corrected chi connectivity index (χ0v) is 34.5. The van der Waals surface area contributed by atoms with E-state index in [-0.39, 0.29) is 10.8 Å². The highest BCUT2D eigenvalue weighted by atomic mass is 16.3. The van der Waals surface area contributed by atoms with Crippen LogP contribution in [0.5, 0.6) is 0 Å². The zero-order valence-electron chi connectivity index (χ0n) is 34.5. The second-order valence-electron chi connectivity index (χ2n) is 17.6. The van der Waals surface area contributed by atoms with Gasteiger partial charge in [-0.15, -0.1) is 0 Å². The molecule has 0 saturated carbocycles. The summed E-state index contributed by atoms with van der Waals surface area (Å²) in [4.78, 5) is 15.1. The van der Waals surface area contributed by atoms with Gasteiger partial charge in [-0.3, -0.25) is 0 Å². The van der Waals surface area contributed by atoms with Crippen molar-refractivity contribution in [3.63, 3.8) is 0 Å². The lowest BCUT2D eigenvalue weighted by Gasteiger charge is -2.23. The van der Waals surface area contributed by atoms with Gasteiger partial charge < -0.3 is 4.42 Å². The number of aromatic nitrogens is 3. The minimum atomic E-state index is -0.161. The molecule has 2 aromatic heterocycles. The normalized spacial score (nSPS) is 14.2. The number of nitrogens with zero attached hydrogens (tertiary/aromatic N) is 3. The van der Waals surface area contributed by atoms with Crippen LogP contribution in [0.2, 0.25) is 0 Å². The summed E-state index contributed by atoms with van der Waals surface area (Å²) in [5.41, 5.74) is 19.8. The lowest BCUT2D eigenvalue weighted by molar-refractivity contribution is 0.660. The monoisotopic (exact) mass is 783 g/mol. The Morgan fingerprint density at radius 3 is 1.49 bits per heavy atom. The van der Waals surface area contributed by atoms with Crippen molar-refractivity contribution in [2.45, 2.75) is 38.5 Å². The summed E-state index contributed by atoms with van der Waals surface area (Å²) in [6.45, 7) is 9.42. The first-order valence-corrected chi connectivity index (χ1v) is 21.1. The van der Waals surface area contributed by atoms with E-state index >= 15 is 0 Å². The van der Waals surface area contributed by atoms with Gasteiger partial charge >= 0.3 is 0 Å². The summed E-state index contributed by atoms with van der Waals surface area (Å²) >= 11 is 0. The fourth-order valence-corrected chi connectivity index (χ4v) is 10.1. The fourth-order valence-electron chi connectivity index (χ4n) is 10.1. The molecule has 0 unspecified atom stereocenters. The van der Waals surface area contributed by atoms with Gasteiger partial charge in [0.05, 0.1) is 0 Å². The third-order valence-electron chi connectivity index (χ3n) is 13.4. The van der Waals surface area contributed by atoms with Crippen molar-refractivity contribution >= 4 is 21.9 Å². The van der Waals surface area contributed by atoms with Crippen LogP contribution in [0.1, 0.15) is 49.9 Å². The maximum Gasteiger partial charge on any atom is 0.164 e. The highest BCUT2D eigenvalue weighted by Crippen LogP contribution is 2.53. The van der Waals surface area contributed by atoms with E-state index in [0.717, 1.165) is 44.2 Å². The van der Waals surface area contributed by atoms with Crippen LogP contribution in [0.4, 0.5) is 0 Å². The molecule has 0 saturated heterocycles. The standard InChI is InChI=1S/C57H41N3O/c1-56(2)46-20-12-11-18-40(46)41-26-22-38(32-48(41)56)36-24-28-47-44(30-36)42-27-23-39(33-49(42)57(47,3)4)37-25-29-50-45(31-37)52-43(19-13-21-51(52)61-50)55-59-53(34-14-7-5-8-15-34)58-54(60-55)35-16-9-6-10-17-35/h5-33H,1-4H3. The van der Waals surface area contributed by atoms with Gasteiger partial charge in [-0.25, -0.2) is 15.0 Å². The Labute approximate surface area is 355 Å². The highest BCUT2D eigenvalue weighted by Gasteiger charge is 2.37. The van der Waals surface area contributed by atoms with Gasteiger partial charge in [-0.05, 0) is 103 Å². The molecule has 12 rings (SSSR count). The Balaban J connectivity index is 0.946. The van der Waals surface area contributed by atoms with E-state index in [1.807, 2.05) is 72.8 Å². The van der Waals surface area contributed by atoms with Crippen LogP contribution in [0.15, 0.2) is 180 Å². The second-order valence-corrected chi connectivity index (χ2v) is 17.6. The molecule has 0 aliphatic heterocycles. The molecule has 61 heavy (non-hydrogen) atoms. The SMILES string of the molecule is CC1(C)c2ccccc2-c2ccc(-c3ccc4c(c3)-c3ccc(-c5ccc6oc7cccc(-c8nc(-c9ccccc9)nc(-c9ccccc9)n8)c7c6c5)cc3C4(C)C)cc21. The molecular weight excluding hydrogens is 743 g/mol. The van der Waals surface area contributed by atoms with E-state index in [2.05, 4.69) is 131 Å². The van der Waals surface area contributed by atoms with Gasteiger partial charge in [0.1, 0.15) is 11.2 Å². The summed E-state index contributed by atoms with van der Waals surface area (Å²) < 4.78 is 6.51. The molecule has 290 valence electrons.